The van der Waals surface area contributed by atoms with Crippen molar-refractivity contribution < 1.29 is 19.1 Å². The number of hydrogen-bond acceptors (Lipinski definition) is 3. The first-order valence-corrected chi connectivity index (χ1v) is 14.1. The van der Waals surface area contributed by atoms with Gasteiger partial charge in [0.2, 0.25) is 0 Å². The lowest BCUT2D eigenvalue weighted by atomic mass is 9.87. The Bertz CT molecular complexity index is 1770. The summed E-state index contributed by atoms with van der Waals surface area (Å²) in [6.45, 7) is 8.40. The number of carboxylic acids is 1. The number of carbonyl (C=O) groups is 2. The standard InChI is InChI=1S/C35H34FN3O3/c1-5-10-28(21-11-7-6-8-12-21)39-33(40)22-15-17-24(26(19-22)34(41)42)31-25(13-9-14-27(31)36)32-37-29-18-16-23(35(2,3)4)20-30(29)38-32/h6-9,11-20,28H,5,10H2,1-4H3,(H,37,38)(H,39,40)(H,41,42)/t28-/m1/s1. The Hall–Kier alpha value is -4.78. The molecular weight excluding hydrogens is 529 g/mol. The fourth-order valence-corrected chi connectivity index (χ4v) is 5.21. The van der Waals surface area contributed by atoms with Crippen LogP contribution in [0.4, 0.5) is 4.39 Å². The molecule has 0 radical (unpaired) electrons. The number of amides is 1. The van der Waals surface area contributed by atoms with Gasteiger partial charge in [-0.05, 0) is 58.9 Å². The first-order valence-electron chi connectivity index (χ1n) is 14.1. The van der Waals surface area contributed by atoms with Crippen molar-refractivity contribution in [1.29, 1.82) is 0 Å². The maximum Gasteiger partial charge on any atom is 0.336 e. The second-order valence-electron chi connectivity index (χ2n) is 11.5. The lowest BCUT2D eigenvalue weighted by Crippen LogP contribution is -2.28. The Morgan fingerprint density at radius 3 is 2.40 bits per heavy atom. The quantitative estimate of drug-likeness (QED) is 0.177. The van der Waals surface area contributed by atoms with E-state index in [0.717, 1.165) is 35.0 Å². The number of H-pyrrole nitrogens is 1. The minimum absolute atomic E-state index is 0.0700. The lowest BCUT2D eigenvalue weighted by molar-refractivity contribution is 0.0697. The average Bonchev–Trinajstić information content (AvgIpc) is 3.40. The van der Waals surface area contributed by atoms with Crippen molar-refractivity contribution in [2.75, 3.05) is 0 Å². The highest BCUT2D eigenvalue weighted by atomic mass is 19.1. The van der Waals surface area contributed by atoms with E-state index in [1.807, 2.05) is 55.5 Å². The minimum Gasteiger partial charge on any atom is -0.478 e. The molecular formula is C35H34FN3O3. The van der Waals surface area contributed by atoms with Gasteiger partial charge in [0.15, 0.2) is 0 Å². The van der Waals surface area contributed by atoms with Crippen molar-refractivity contribution >= 4 is 22.9 Å². The van der Waals surface area contributed by atoms with Crippen LogP contribution in [0.3, 0.4) is 0 Å². The van der Waals surface area contributed by atoms with Crippen molar-refractivity contribution in [3.63, 3.8) is 0 Å². The lowest BCUT2D eigenvalue weighted by Gasteiger charge is -2.19. The van der Waals surface area contributed by atoms with E-state index in [4.69, 9.17) is 4.98 Å². The van der Waals surface area contributed by atoms with E-state index in [1.54, 1.807) is 12.1 Å². The van der Waals surface area contributed by atoms with Crippen LogP contribution in [0.25, 0.3) is 33.5 Å². The predicted octanol–water partition coefficient (Wildman–Crippen LogP) is 8.30. The second-order valence-corrected chi connectivity index (χ2v) is 11.5. The number of halogens is 1. The number of nitrogens with one attached hydrogen (secondary N) is 2. The van der Waals surface area contributed by atoms with Crippen LogP contribution >= 0.6 is 0 Å². The van der Waals surface area contributed by atoms with Crippen molar-refractivity contribution in [3.05, 3.63) is 113 Å². The molecule has 0 saturated carbocycles. The SMILES string of the molecule is CCC[C@@H](NC(=O)c1ccc(-c2c(F)cccc2-c2nc3cc(C(C)(C)C)ccc3[nH]2)c(C(=O)O)c1)c1ccccc1. The average molecular weight is 564 g/mol. The van der Waals surface area contributed by atoms with Crippen LogP contribution in [0.1, 0.15) is 78.4 Å². The van der Waals surface area contributed by atoms with Crippen molar-refractivity contribution in [2.45, 2.75) is 52.0 Å². The highest BCUT2D eigenvalue weighted by molar-refractivity contribution is 6.03. The predicted molar refractivity (Wildman–Crippen MR) is 164 cm³/mol. The Balaban J connectivity index is 1.55. The molecule has 1 atom stereocenters. The zero-order valence-corrected chi connectivity index (χ0v) is 24.2. The fourth-order valence-electron chi connectivity index (χ4n) is 5.21. The number of aromatic carboxylic acids is 1. The Morgan fingerprint density at radius 2 is 1.71 bits per heavy atom. The molecule has 0 fully saturated rings. The topological polar surface area (TPSA) is 95.1 Å². The van der Waals surface area contributed by atoms with Crippen LogP contribution in [-0.4, -0.2) is 27.0 Å². The molecule has 4 aromatic carbocycles. The maximum atomic E-state index is 15.5. The van der Waals surface area contributed by atoms with Gasteiger partial charge in [0, 0.05) is 16.7 Å². The number of benzene rings is 4. The number of carbonyl (C=O) groups excluding carboxylic acids is 1. The molecule has 6 nitrogen and oxygen atoms in total. The minimum atomic E-state index is -1.26. The molecule has 0 aliphatic carbocycles. The molecule has 1 amide bonds. The smallest absolute Gasteiger partial charge is 0.336 e. The molecule has 1 aromatic heterocycles. The van der Waals surface area contributed by atoms with Crippen LogP contribution in [0.15, 0.2) is 84.9 Å². The van der Waals surface area contributed by atoms with Crippen molar-refractivity contribution in [1.82, 2.24) is 15.3 Å². The molecule has 0 bridgehead atoms. The number of imidazole rings is 1. The molecule has 0 unspecified atom stereocenters. The van der Waals surface area contributed by atoms with Crippen molar-refractivity contribution in [3.8, 4) is 22.5 Å². The number of nitrogens with zero attached hydrogens (tertiary/aromatic N) is 1. The summed E-state index contributed by atoms with van der Waals surface area (Å²) in [5.41, 5.74) is 4.24. The monoisotopic (exact) mass is 563 g/mol. The molecule has 0 aliphatic heterocycles. The van der Waals surface area contributed by atoms with E-state index >= 15 is 4.39 Å². The number of rotatable bonds is 8. The number of carboxylic acid groups (broad SMARTS) is 1. The third-order valence-corrected chi connectivity index (χ3v) is 7.48. The molecule has 7 heteroatoms. The summed E-state index contributed by atoms with van der Waals surface area (Å²) in [6, 6.07) is 24.3. The summed E-state index contributed by atoms with van der Waals surface area (Å²) in [5, 5.41) is 13.2. The molecule has 0 saturated heterocycles. The van der Waals surface area contributed by atoms with Gasteiger partial charge in [-0.15, -0.1) is 0 Å². The van der Waals surface area contributed by atoms with Crippen LogP contribution in [0, 0.1) is 5.82 Å². The van der Waals surface area contributed by atoms with E-state index in [9.17, 15) is 14.7 Å². The Kier molecular flexibility index (Phi) is 7.94. The number of aromatic nitrogens is 2. The summed E-state index contributed by atoms with van der Waals surface area (Å²) in [4.78, 5) is 33.8. The molecule has 3 N–H and O–H groups in total. The number of hydrogen-bond donors (Lipinski definition) is 3. The van der Waals surface area contributed by atoms with Gasteiger partial charge in [-0.3, -0.25) is 4.79 Å². The molecule has 0 aliphatic rings. The van der Waals surface area contributed by atoms with Gasteiger partial charge < -0.3 is 15.4 Å². The van der Waals surface area contributed by atoms with E-state index < -0.39 is 17.7 Å². The number of aromatic amines is 1. The summed E-state index contributed by atoms with van der Waals surface area (Å²) < 4.78 is 15.5. The van der Waals surface area contributed by atoms with Crippen LogP contribution in [0.5, 0.6) is 0 Å². The highest BCUT2D eigenvalue weighted by Crippen LogP contribution is 2.37. The normalized spacial score (nSPS) is 12.3. The van der Waals surface area contributed by atoms with Gasteiger partial charge in [0.05, 0.1) is 22.6 Å². The zero-order chi connectivity index (χ0) is 30.0. The maximum absolute atomic E-state index is 15.5. The van der Waals surface area contributed by atoms with Gasteiger partial charge in [-0.25, -0.2) is 14.2 Å². The third kappa shape index (κ3) is 5.81. The first-order chi connectivity index (χ1) is 20.1. The number of fused-ring (bicyclic) bond motifs is 1. The second kappa shape index (κ2) is 11.6. The highest BCUT2D eigenvalue weighted by Gasteiger charge is 2.24. The first kappa shape index (κ1) is 28.7. The molecule has 5 aromatic rings. The summed E-state index contributed by atoms with van der Waals surface area (Å²) in [7, 11) is 0. The molecule has 214 valence electrons. The third-order valence-electron chi connectivity index (χ3n) is 7.48. The molecule has 42 heavy (non-hydrogen) atoms. The largest absolute Gasteiger partial charge is 0.478 e. The van der Waals surface area contributed by atoms with E-state index in [0.29, 0.717) is 11.4 Å². The van der Waals surface area contributed by atoms with Crippen LogP contribution in [-0.2, 0) is 5.41 Å². The molecule has 0 spiro atoms. The summed E-state index contributed by atoms with van der Waals surface area (Å²) in [5.74, 6) is -1.82. The molecule has 5 rings (SSSR count). The van der Waals surface area contributed by atoms with Crippen LogP contribution in [0.2, 0.25) is 0 Å². The Labute approximate surface area is 244 Å². The van der Waals surface area contributed by atoms with E-state index in [2.05, 4.69) is 31.1 Å². The fraction of sp³-hybridized carbons (Fsp3) is 0.229. The van der Waals surface area contributed by atoms with Gasteiger partial charge in [0.25, 0.3) is 5.91 Å². The molecule has 1 heterocycles. The zero-order valence-electron chi connectivity index (χ0n) is 24.2. The van der Waals surface area contributed by atoms with Gasteiger partial charge >= 0.3 is 5.97 Å². The van der Waals surface area contributed by atoms with Crippen LogP contribution < -0.4 is 5.32 Å². The summed E-state index contributed by atoms with van der Waals surface area (Å²) in [6.07, 6.45) is 1.58. The van der Waals surface area contributed by atoms with E-state index in [-0.39, 0.29) is 33.7 Å². The summed E-state index contributed by atoms with van der Waals surface area (Å²) >= 11 is 0. The van der Waals surface area contributed by atoms with Gasteiger partial charge in [-0.2, -0.15) is 0 Å². The van der Waals surface area contributed by atoms with Gasteiger partial charge in [0.1, 0.15) is 11.6 Å². The van der Waals surface area contributed by atoms with E-state index in [1.165, 1.54) is 24.3 Å². The Morgan fingerprint density at radius 1 is 0.952 bits per heavy atom. The van der Waals surface area contributed by atoms with Gasteiger partial charge in [-0.1, -0.05) is 88.7 Å². The van der Waals surface area contributed by atoms with Crippen molar-refractivity contribution in [2.24, 2.45) is 0 Å².